The number of phosphoric acid groups is 2. The first-order valence-corrected chi connectivity index (χ1v) is 15.5. The van der Waals surface area contributed by atoms with Crippen LogP contribution in [0.25, 0.3) is 11.2 Å². The SMILES string of the molecule is NC(=O)c1ccc[n+]([C@H]2O[C@@H](COP(=O)([O-])OP(=O)([O-])OC[C@H]3O[C@@H](n4cnc5c(N)ncnc54)[C@H](O)[C@@H]3O)[C@H](O)[C@@H]2O)c1.[Na+]. The fraction of sp³-hybridized carbons (Fsp3) is 0.476. The van der Waals surface area contributed by atoms with Crippen molar-refractivity contribution in [2.45, 2.75) is 49.1 Å². The molecular formula is C21H26N7NaO14P2. The Morgan fingerprint density at radius 1 is 1.00 bits per heavy atom. The van der Waals surface area contributed by atoms with Crippen molar-refractivity contribution in [2.75, 3.05) is 18.9 Å². The predicted molar refractivity (Wildman–Crippen MR) is 135 cm³/mol. The molecule has 5 heterocycles. The molecule has 2 aliphatic heterocycles. The van der Waals surface area contributed by atoms with Gasteiger partial charge in [-0.2, -0.15) is 4.57 Å². The maximum atomic E-state index is 12.3. The van der Waals surface area contributed by atoms with Crippen molar-refractivity contribution in [1.29, 1.82) is 0 Å². The average molecular weight is 685 g/mol. The molecule has 10 atom stereocenters. The number of fused-ring (bicyclic) bond motifs is 1. The van der Waals surface area contributed by atoms with Gasteiger partial charge in [0, 0.05) is 6.07 Å². The van der Waals surface area contributed by atoms with Gasteiger partial charge in [0.2, 0.25) is 0 Å². The van der Waals surface area contributed by atoms with Crippen molar-refractivity contribution >= 4 is 38.5 Å². The Bertz CT molecular complexity index is 1640. The number of pyridine rings is 1. The van der Waals surface area contributed by atoms with Crippen LogP contribution in [0.1, 0.15) is 22.8 Å². The maximum absolute atomic E-state index is 12.3. The summed E-state index contributed by atoms with van der Waals surface area (Å²) in [7, 11) is -11.4. The Morgan fingerprint density at radius 3 is 2.27 bits per heavy atom. The minimum Gasteiger partial charge on any atom is -0.756 e. The van der Waals surface area contributed by atoms with Gasteiger partial charge >= 0.3 is 29.6 Å². The molecule has 5 rings (SSSR count). The molecule has 0 saturated carbocycles. The molecule has 24 heteroatoms. The van der Waals surface area contributed by atoms with Gasteiger partial charge in [-0.05, 0) is 6.07 Å². The molecular weight excluding hydrogens is 659 g/mol. The van der Waals surface area contributed by atoms with Gasteiger partial charge < -0.3 is 60.2 Å². The second-order valence-corrected chi connectivity index (χ2v) is 12.6. The van der Waals surface area contributed by atoms with E-state index < -0.39 is 83.8 Å². The topological polar surface area (TPSA) is 324 Å². The number of carbonyl (C=O) groups excluding carboxylic acids is 1. The molecule has 0 spiro atoms. The zero-order chi connectivity index (χ0) is 32.0. The Morgan fingerprint density at radius 2 is 1.62 bits per heavy atom. The molecule has 3 aromatic heterocycles. The van der Waals surface area contributed by atoms with Crippen LogP contribution in [0.15, 0.2) is 37.2 Å². The summed E-state index contributed by atoms with van der Waals surface area (Å²) in [5, 5.41) is 41.5. The largest absolute Gasteiger partial charge is 1.00 e. The van der Waals surface area contributed by atoms with Gasteiger partial charge in [0.25, 0.3) is 27.8 Å². The number of anilines is 1. The number of nitrogen functional groups attached to an aromatic ring is 1. The summed E-state index contributed by atoms with van der Waals surface area (Å²) in [5.41, 5.74) is 11.3. The van der Waals surface area contributed by atoms with Crippen molar-refractivity contribution in [3.63, 3.8) is 0 Å². The summed E-state index contributed by atoms with van der Waals surface area (Å²) >= 11 is 0. The molecule has 3 aromatic rings. The quantitative estimate of drug-likeness (QED) is 0.0620. The Hall–Kier alpha value is -2.01. The van der Waals surface area contributed by atoms with Crippen molar-refractivity contribution < 1.29 is 101 Å². The summed E-state index contributed by atoms with van der Waals surface area (Å²) in [6.07, 6.45) is -7.26. The number of primary amides is 1. The van der Waals surface area contributed by atoms with Crippen LogP contribution in [-0.2, 0) is 32.0 Å². The number of amides is 1. The fourth-order valence-corrected chi connectivity index (χ4v) is 6.58. The monoisotopic (exact) mass is 685 g/mol. The van der Waals surface area contributed by atoms with Gasteiger partial charge in [0.05, 0.1) is 19.5 Å². The van der Waals surface area contributed by atoms with E-state index in [0.29, 0.717) is 0 Å². The minimum absolute atomic E-state index is 0. The molecule has 0 aliphatic carbocycles. The van der Waals surface area contributed by atoms with E-state index in [2.05, 4.69) is 28.3 Å². The second-order valence-electron chi connectivity index (χ2n) is 9.65. The van der Waals surface area contributed by atoms with E-state index >= 15 is 0 Å². The van der Waals surface area contributed by atoms with Crippen LogP contribution >= 0.6 is 15.6 Å². The Kier molecular flexibility index (Phi) is 11.1. The second kappa shape index (κ2) is 14.0. The van der Waals surface area contributed by atoms with E-state index in [1.165, 1.54) is 40.0 Å². The number of hydrogen-bond acceptors (Lipinski definition) is 18. The summed E-state index contributed by atoms with van der Waals surface area (Å²) in [6, 6.07) is 2.80. The smallest absolute Gasteiger partial charge is 0.756 e. The molecule has 1 amide bonds. The van der Waals surface area contributed by atoms with Crippen LogP contribution in [0.4, 0.5) is 5.82 Å². The molecule has 45 heavy (non-hydrogen) atoms. The third-order valence-electron chi connectivity index (χ3n) is 6.73. The average Bonchev–Trinajstić information content (AvgIpc) is 3.61. The van der Waals surface area contributed by atoms with Crippen molar-refractivity contribution in [2.24, 2.45) is 5.73 Å². The standard InChI is InChI=1S/C21H27N7O14P2.Na/c22-17-12-19(25-7-24-17)28(8-26-12)21-16(32)14(30)11(41-21)6-39-44(36,37)42-43(34,35)38-5-10-13(29)15(31)20(40-10)27-3-1-2-9(4-27)18(23)33;/h1-4,7-8,10-11,13-16,20-21,29-32H,5-6H2,(H5-,22,23,24,25,33,34,35,36,37);/q;+1/p-1/t10-,11+,13-,14+,15-,16+,20-,21+;/m0./s1. The van der Waals surface area contributed by atoms with Crippen molar-refractivity contribution in [3.05, 3.63) is 42.7 Å². The van der Waals surface area contributed by atoms with Crippen LogP contribution in [0.2, 0.25) is 0 Å². The molecule has 2 saturated heterocycles. The van der Waals surface area contributed by atoms with Crippen LogP contribution in [0.5, 0.6) is 0 Å². The number of phosphoric ester groups is 2. The van der Waals surface area contributed by atoms with Gasteiger partial charge in [0.15, 0.2) is 36.2 Å². The number of hydrogen-bond donors (Lipinski definition) is 6. The number of imidazole rings is 1. The number of aliphatic hydroxyl groups excluding tert-OH is 4. The first-order chi connectivity index (χ1) is 20.7. The number of ether oxygens (including phenoxy) is 2. The zero-order valence-electron chi connectivity index (χ0n) is 23.2. The minimum atomic E-state index is -5.68. The number of nitrogens with two attached hydrogens (primary N) is 2. The summed E-state index contributed by atoms with van der Waals surface area (Å²) in [6.45, 7) is -1.98. The molecule has 2 aliphatic rings. The predicted octanol–water partition coefficient (Wildman–Crippen LogP) is -7.28. The molecule has 8 N–H and O–H groups in total. The maximum Gasteiger partial charge on any atom is 1.00 e. The van der Waals surface area contributed by atoms with Crippen molar-refractivity contribution in [3.8, 4) is 0 Å². The number of carbonyl (C=O) groups is 1. The van der Waals surface area contributed by atoms with Crippen LogP contribution in [0.3, 0.4) is 0 Å². The Balaban J connectivity index is 0.00000461. The van der Waals surface area contributed by atoms with Crippen LogP contribution in [-0.4, -0.2) is 95.7 Å². The van der Waals surface area contributed by atoms with Gasteiger partial charge in [-0.15, -0.1) is 0 Å². The molecule has 21 nitrogen and oxygen atoms in total. The van der Waals surface area contributed by atoms with E-state index in [9.17, 15) is 44.1 Å². The van der Waals surface area contributed by atoms with E-state index in [0.717, 1.165) is 6.33 Å². The Labute approximate surface area is 274 Å². The number of rotatable bonds is 11. The van der Waals surface area contributed by atoms with Gasteiger partial charge in [-0.3, -0.25) is 18.5 Å². The van der Waals surface area contributed by atoms with Crippen molar-refractivity contribution in [1.82, 2.24) is 19.5 Å². The van der Waals surface area contributed by atoms with Gasteiger partial charge in [0.1, 0.15) is 47.9 Å². The third kappa shape index (κ3) is 7.77. The first kappa shape index (κ1) is 35.8. The van der Waals surface area contributed by atoms with E-state index in [1.807, 2.05) is 0 Å². The van der Waals surface area contributed by atoms with E-state index in [4.69, 9.17) is 20.9 Å². The third-order valence-corrected chi connectivity index (χ3v) is 9.26. The number of nitrogens with zero attached hydrogens (tertiary/aromatic N) is 5. The molecule has 0 bridgehead atoms. The molecule has 0 radical (unpaired) electrons. The summed E-state index contributed by atoms with van der Waals surface area (Å²) < 4.78 is 51.1. The van der Waals surface area contributed by atoms with E-state index in [1.54, 1.807) is 0 Å². The zero-order valence-corrected chi connectivity index (χ0v) is 26.9. The van der Waals surface area contributed by atoms with Crippen LogP contribution < -0.4 is 55.4 Å². The normalized spacial score (nSPS) is 30.9. The molecule has 240 valence electrons. The van der Waals surface area contributed by atoms with Gasteiger partial charge in [-0.25, -0.2) is 19.3 Å². The van der Waals surface area contributed by atoms with Crippen LogP contribution in [0, 0.1) is 0 Å². The summed E-state index contributed by atoms with van der Waals surface area (Å²) in [4.78, 5) is 47.8. The van der Waals surface area contributed by atoms with E-state index in [-0.39, 0.29) is 52.1 Å². The number of aliphatic hydroxyl groups is 4. The molecule has 0 aromatic carbocycles. The molecule has 2 fully saturated rings. The number of aromatic nitrogens is 5. The first-order valence-electron chi connectivity index (χ1n) is 12.6. The van der Waals surface area contributed by atoms with Gasteiger partial charge in [-0.1, -0.05) is 0 Å². The fourth-order valence-electron chi connectivity index (χ4n) is 4.56. The molecule has 2 unspecified atom stereocenters. The summed E-state index contributed by atoms with van der Waals surface area (Å²) in [5.74, 6) is -0.743.